The monoisotopic (exact) mass is 1190 g/mol. The molecule has 486 valence electrons. The van der Waals surface area contributed by atoms with E-state index < -0.39 is 26.5 Å². The fraction of sp³-hybridized carbons (Fsp3) is 0.757. The Balaban J connectivity index is 4.05. The van der Waals surface area contributed by atoms with E-state index >= 15 is 0 Å². The summed E-state index contributed by atoms with van der Waals surface area (Å²) in [6.45, 7) is 4.31. The lowest BCUT2D eigenvalue weighted by atomic mass is 10.0. The van der Waals surface area contributed by atoms with E-state index in [0.717, 1.165) is 83.5 Å². The van der Waals surface area contributed by atoms with E-state index in [4.69, 9.17) is 18.5 Å². The van der Waals surface area contributed by atoms with Crippen LogP contribution in [0.3, 0.4) is 0 Å². The topological polar surface area (TPSA) is 108 Å². The van der Waals surface area contributed by atoms with Gasteiger partial charge in [-0.15, -0.1) is 0 Å². The predicted molar refractivity (Wildman–Crippen MR) is 362 cm³/mol. The molecule has 0 fully saturated rings. The molecule has 0 radical (unpaired) electrons. The smallest absolute Gasteiger partial charge is 0.462 e. The van der Waals surface area contributed by atoms with Crippen molar-refractivity contribution in [3.63, 3.8) is 0 Å². The normalized spacial score (nSPS) is 13.7. The lowest BCUT2D eigenvalue weighted by Crippen LogP contribution is -2.37. The van der Waals surface area contributed by atoms with Crippen LogP contribution >= 0.6 is 7.82 Å². The molecule has 0 amide bonds. The van der Waals surface area contributed by atoms with Gasteiger partial charge in [-0.3, -0.25) is 18.6 Å². The number of esters is 2. The molecular weight excluding hydrogens is 1060 g/mol. The van der Waals surface area contributed by atoms with Crippen molar-refractivity contribution in [1.29, 1.82) is 0 Å². The minimum atomic E-state index is -4.41. The number of nitrogens with zero attached hydrogens (tertiary/aromatic N) is 1. The van der Waals surface area contributed by atoms with Crippen molar-refractivity contribution in [1.82, 2.24) is 0 Å². The van der Waals surface area contributed by atoms with Crippen molar-refractivity contribution >= 4 is 19.8 Å². The summed E-state index contributed by atoms with van der Waals surface area (Å²) in [7, 11) is 1.45. The van der Waals surface area contributed by atoms with Crippen LogP contribution < -0.4 is 0 Å². The van der Waals surface area contributed by atoms with Crippen LogP contribution in [0.4, 0.5) is 0 Å². The van der Waals surface area contributed by atoms with E-state index in [1.165, 1.54) is 193 Å². The first-order valence-corrected chi connectivity index (χ1v) is 36.5. The van der Waals surface area contributed by atoms with Crippen LogP contribution in [0.1, 0.15) is 309 Å². The number of ether oxygens (including phenoxy) is 2. The number of phosphoric acid groups is 1. The summed E-state index contributed by atoms with van der Waals surface area (Å²) in [6, 6.07) is 0. The second-order valence-electron chi connectivity index (χ2n) is 24.5. The number of phosphoric ester groups is 1. The van der Waals surface area contributed by atoms with Gasteiger partial charge in [0.2, 0.25) is 0 Å². The Kier molecular flexibility index (Phi) is 62.1. The molecule has 0 rings (SSSR count). The second-order valence-corrected chi connectivity index (χ2v) is 26.0. The van der Waals surface area contributed by atoms with Gasteiger partial charge in [0.25, 0.3) is 0 Å². The fourth-order valence-electron chi connectivity index (χ4n) is 9.76. The van der Waals surface area contributed by atoms with Crippen molar-refractivity contribution in [3.8, 4) is 0 Å². The molecule has 0 saturated carbocycles. The maximum atomic E-state index is 12.8. The number of carbonyl (C=O) groups excluding carboxylic acids is 2. The highest BCUT2D eigenvalue weighted by atomic mass is 31.2. The van der Waals surface area contributed by atoms with Gasteiger partial charge in [-0.2, -0.15) is 0 Å². The number of rotatable bonds is 64. The Morgan fingerprint density at radius 1 is 0.381 bits per heavy atom. The van der Waals surface area contributed by atoms with Crippen LogP contribution in [0, 0.1) is 0 Å². The third-order valence-corrected chi connectivity index (χ3v) is 16.1. The molecule has 0 saturated heterocycles. The number of quaternary nitrogens is 1. The van der Waals surface area contributed by atoms with Crippen LogP contribution in [-0.2, 0) is 32.7 Å². The van der Waals surface area contributed by atoms with Crippen molar-refractivity contribution in [2.24, 2.45) is 0 Å². The number of unbranched alkanes of at least 4 members (excludes halogenated alkanes) is 34. The maximum Gasteiger partial charge on any atom is 0.472 e. The summed E-state index contributed by atoms with van der Waals surface area (Å²) in [5.74, 6) is -0.830. The van der Waals surface area contributed by atoms with Gasteiger partial charge in [0, 0.05) is 12.8 Å². The van der Waals surface area contributed by atoms with Crippen molar-refractivity contribution in [2.75, 3.05) is 47.5 Å². The van der Waals surface area contributed by atoms with Gasteiger partial charge in [0.15, 0.2) is 6.10 Å². The summed E-state index contributed by atoms with van der Waals surface area (Å²) in [5, 5.41) is 0. The highest BCUT2D eigenvalue weighted by molar-refractivity contribution is 7.47. The largest absolute Gasteiger partial charge is 0.472 e. The zero-order valence-corrected chi connectivity index (χ0v) is 56.3. The molecule has 0 aliphatic heterocycles. The molecule has 10 heteroatoms. The minimum absolute atomic E-state index is 0.0212. The quantitative estimate of drug-likeness (QED) is 0.0211. The average Bonchev–Trinajstić information content (AvgIpc) is 3.60. The number of hydrogen-bond acceptors (Lipinski definition) is 7. The SMILES string of the molecule is CC/C=C\C/C=C\C/C=C\C/C=C\C/C=C\C/C=C\C/C=C\CCCCCC(=O)OC(COC(=O)CCCCCCCCCCCCCCCCCCCCCCCCC/C=C\CCCCCCCCCC)COP(=O)(O)OCC[N+](C)(C)C. The summed E-state index contributed by atoms with van der Waals surface area (Å²) in [6.07, 6.45) is 89.6. The zero-order valence-electron chi connectivity index (χ0n) is 55.4. The summed E-state index contributed by atoms with van der Waals surface area (Å²) in [4.78, 5) is 35.8. The predicted octanol–water partition coefficient (Wildman–Crippen LogP) is 22.7. The van der Waals surface area contributed by atoms with Crippen LogP contribution in [0.2, 0.25) is 0 Å². The standard InChI is InChI=1S/C74H132NO8P/c1-6-8-10-12-14-16-18-20-22-24-26-28-30-32-33-34-35-36-37-38-39-40-41-43-44-46-48-50-52-54-56-58-60-62-64-66-73(76)80-70-72(71-82-84(78,79)81-69-68-75(3,4)5)83-74(77)67-65-63-61-59-57-55-53-51-49-47-45-42-31-29-27-25-23-21-19-17-15-13-11-9-7-2/h9,11,15,17,21,23-24,26-27,29,42,45,49,51,55,57,72H,6-8,10,12-14,16,18-20,22,25,28,30-41,43-44,46-48,50,52-54,56,58-71H2,1-5H3/p+1/b11-9-,17-15-,23-21-,26-24-,29-27-,45-42-,51-49-,57-55-. The zero-order chi connectivity index (χ0) is 61.2. The second kappa shape index (κ2) is 64.4. The molecule has 84 heavy (non-hydrogen) atoms. The lowest BCUT2D eigenvalue weighted by molar-refractivity contribution is -0.870. The molecule has 0 aromatic heterocycles. The van der Waals surface area contributed by atoms with Gasteiger partial charge in [-0.1, -0.05) is 297 Å². The van der Waals surface area contributed by atoms with Crippen LogP contribution in [-0.4, -0.2) is 74.9 Å². The first-order chi connectivity index (χ1) is 41.0. The van der Waals surface area contributed by atoms with Gasteiger partial charge < -0.3 is 18.9 Å². The van der Waals surface area contributed by atoms with Gasteiger partial charge in [0.05, 0.1) is 27.7 Å². The number of carbonyl (C=O) groups is 2. The third-order valence-electron chi connectivity index (χ3n) is 15.1. The van der Waals surface area contributed by atoms with Crippen LogP contribution in [0.25, 0.3) is 0 Å². The van der Waals surface area contributed by atoms with Gasteiger partial charge in [-0.25, -0.2) is 4.57 Å². The van der Waals surface area contributed by atoms with Gasteiger partial charge in [0.1, 0.15) is 19.8 Å². The summed E-state index contributed by atoms with van der Waals surface area (Å²) >= 11 is 0. The van der Waals surface area contributed by atoms with Crippen molar-refractivity contribution in [3.05, 3.63) is 97.2 Å². The molecular formula is C74H133NO8P+. The first kappa shape index (κ1) is 80.9. The minimum Gasteiger partial charge on any atom is -0.462 e. The molecule has 0 aromatic rings. The van der Waals surface area contributed by atoms with E-state index in [-0.39, 0.29) is 32.0 Å². The molecule has 0 aromatic carbocycles. The molecule has 0 aliphatic rings. The fourth-order valence-corrected chi connectivity index (χ4v) is 10.5. The Labute approximate surface area is 519 Å². The lowest BCUT2D eigenvalue weighted by Gasteiger charge is -2.24. The van der Waals surface area contributed by atoms with Gasteiger partial charge >= 0.3 is 19.8 Å². The Hall–Kier alpha value is -3.07. The molecule has 0 spiro atoms. The van der Waals surface area contributed by atoms with Gasteiger partial charge in [-0.05, 0) is 96.3 Å². The van der Waals surface area contributed by atoms with Crippen molar-refractivity contribution < 1.29 is 42.1 Å². The van der Waals surface area contributed by atoms with E-state index in [9.17, 15) is 19.0 Å². The molecule has 0 aliphatic carbocycles. The van der Waals surface area contributed by atoms with E-state index in [1.807, 2.05) is 21.1 Å². The van der Waals surface area contributed by atoms with Crippen LogP contribution in [0.15, 0.2) is 97.2 Å². The number of allylic oxidation sites excluding steroid dienone is 16. The molecule has 0 heterocycles. The highest BCUT2D eigenvalue weighted by Crippen LogP contribution is 2.43. The maximum absolute atomic E-state index is 12.8. The summed E-state index contributed by atoms with van der Waals surface area (Å²) < 4.78 is 34.7. The summed E-state index contributed by atoms with van der Waals surface area (Å²) in [5.41, 5.74) is 0. The Morgan fingerprint density at radius 3 is 1.04 bits per heavy atom. The molecule has 2 atom stereocenters. The van der Waals surface area contributed by atoms with E-state index in [1.54, 1.807) is 0 Å². The Bertz CT molecular complexity index is 1740. The molecule has 9 nitrogen and oxygen atoms in total. The third kappa shape index (κ3) is 68.0. The molecule has 0 bridgehead atoms. The molecule has 1 N–H and O–H groups in total. The van der Waals surface area contributed by atoms with E-state index in [2.05, 4.69) is 111 Å². The van der Waals surface area contributed by atoms with Crippen LogP contribution in [0.5, 0.6) is 0 Å². The van der Waals surface area contributed by atoms with E-state index in [0.29, 0.717) is 17.4 Å². The van der Waals surface area contributed by atoms with Crippen molar-refractivity contribution in [2.45, 2.75) is 315 Å². The highest BCUT2D eigenvalue weighted by Gasteiger charge is 2.27. The number of likely N-dealkylation sites (N-methyl/N-ethyl adjacent to an activating group) is 1. The molecule has 2 unspecified atom stereocenters. The first-order valence-electron chi connectivity index (χ1n) is 35.0. The average molecular weight is 1200 g/mol. The Morgan fingerprint density at radius 2 is 0.679 bits per heavy atom. The number of hydrogen-bond donors (Lipinski definition) is 1.